The van der Waals surface area contributed by atoms with E-state index in [2.05, 4.69) is 20.9 Å². The van der Waals surface area contributed by atoms with Crippen molar-refractivity contribution in [2.75, 3.05) is 0 Å². The Morgan fingerprint density at radius 3 is 2.32 bits per heavy atom. The summed E-state index contributed by atoms with van der Waals surface area (Å²) in [6, 6.07) is 0. The second kappa shape index (κ2) is 7.97. The van der Waals surface area contributed by atoms with Crippen LogP contribution in [0.25, 0.3) is 0 Å². The average Bonchev–Trinajstić information content (AvgIpc) is 2.55. The maximum atomic E-state index is 13.9. The van der Waals surface area contributed by atoms with Gasteiger partial charge in [0.2, 0.25) is 5.78 Å². The Hall–Kier alpha value is -1.70. The first-order chi connectivity index (χ1) is 12.5. The molecule has 14 heteroatoms. The van der Waals surface area contributed by atoms with Gasteiger partial charge in [0.15, 0.2) is 6.17 Å². The van der Waals surface area contributed by atoms with Crippen molar-refractivity contribution in [1.29, 1.82) is 0 Å². The molecule has 3 N–H and O–H groups in total. The fourth-order valence-electron chi connectivity index (χ4n) is 1.96. The van der Waals surface area contributed by atoms with E-state index >= 15 is 0 Å². The van der Waals surface area contributed by atoms with E-state index < -0.39 is 47.7 Å². The van der Waals surface area contributed by atoms with E-state index in [1.807, 2.05) is 5.32 Å². The number of amides is 1. The maximum Gasteiger partial charge on any atom is 0.460 e. The van der Waals surface area contributed by atoms with E-state index in [4.69, 9.17) is 10.5 Å². The average molecular weight is 486 g/mol. The molecule has 0 spiro atoms. The fraction of sp³-hybridized carbons (Fsp3) is 0.643. The summed E-state index contributed by atoms with van der Waals surface area (Å²) in [6.07, 6.45) is -9.16. The molecule has 3 unspecified atom stereocenters. The lowest BCUT2D eigenvalue weighted by Gasteiger charge is -2.37. The van der Waals surface area contributed by atoms with Crippen molar-refractivity contribution < 1.29 is 45.1 Å². The van der Waals surface area contributed by atoms with Crippen LogP contribution in [0.2, 0.25) is 0 Å². The highest BCUT2D eigenvalue weighted by atomic mass is 79.9. The van der Waals surface area contributed by atoms with Crippen LogP contribution in [-0.4, -0.2) is 53.9 Å². The molecule has 0 fully saturated rings. The van der Waals surface area contributed by atoms with Crippen molar-refractivity contribution >= 4 is 34.0 Å². The number of hydrogen-bond donors (Lipinski definition) is 2. The number of ether oxygens (including phenoxy) is 1. The molecule has 1 amide bonds. The number of carbonyl (C=O) groups excluding carboxylic acids is 2. The minimum absolute atomic E-state index is 0.261. The molecular formula is C14H15BrF7N3O3. The van der Waals surface area contributed by atoms with Gasteiger partial charge < -0.3 is 10.5 Å². The lowest BCUT2D eigenvalue weighted by Crippen LogP contribution is -2.70. The van der Waals surface area contributed by atoms with Gasteiger partial charge in [-0.15, -0.1) is 0 Å². The van der Waals surface area contributed by atoms with Gasteiger partial charge in [-0.25, -0.2) is 4.79 Å². The molecule has 160 valence electrons. The summed E-state index contributed by atoms with van der Waals surface area (Å²) in [5.74, 6) is -16.0. The number of halogens is 8. The van der Waals surface area contributed by atoms with Crippen molar-refractivity contribution in [3.8, 4) is 0 Å². The largest absolute Gasteiger partial charge is 0.460 e. The number of nitrogens with zero attached hydrogens (tertiary/aromatic N) is 1. The molecule has 28 heavy (non-hydrogen) atoms. The van der Waals surface area contributed by atoms with Crippen LogP contribution < -0.4 is 11.1 Å². The highest BCUT2D eigenvalue weighted by Crippen LogP contribution is 2.48. The fourth-order valence-corrected chi connectivity index (χ4v) is 2.46. The van der Waals surface area contributed by atoms with Gasteiger partial charge in [-0.1, -0.05) is 6.92 Å². The summed E-state index contributed by atoms with van der Waals surface area (Å²) in [5.41, 5.74) is 2.22. The summed E-state index contributed by atoms with van der Waals surface area (Å²) in [6.45, 7) is 3.09. The van der Waals surface area contributed by atoms with Gasteiger partial charge in [-0.3, -0.25) is 15.1 Å². The molecule has 0 saturated carbocycles. The molecular weight excluding hydrogens is 471 g/mol. The number of carbonyl (C=O) groups is 2. The number of aliphatic imine (C=N–C) groups is 1. The van der Waals surface area contributed by atoms with Crippen LogP contribution in [0.1, 0.15) is 20.3 Å². The van der Waals surface area contributed by atoms with Crippen molar-refractivity contribution in [3.05, 3.63) is 10.6 Å². The first-order valence-corrected chi connectivity index (χ1v) is 8.34. The zero-order valence-electron chi connectivity index (χ0n) is 14.3. The highest BCUT2D eigenvalue weighted by molar-refractivity contribution is 9.12. The van der Waals surface area contributed by atoms with Gasteiger partial charge in [0.1, 0.15) is 11.6 Å². The molecule has 1 aliphatic rings. The number of allylic oxidation sites excluding steroid dienone is 1. The zero-order valence-corrected chi connectivity index (χ0v) is 15.9. The second-order valence-corrected chi connectivity index (χ2v) is 6.80. The summed E-state index contributed by atoms with van der Waals surface area (Å²) in [4.78, 5) is 27.3. The van der Waals surface area contributed by atoms with E-state index in [9.17, 15) is 40.3 Å². The molecule has 6 nitrogen and oxygen atoms in total. The third-order valence-electron chi connectivity index (χ3n) is 3.74. The van der Waals surface area contributed by atoms with Crippen LogP contribution in [0.5, 0.6) is 0 Å². The smallest absolute Gasteiger partial charge is 0.447 e. The minimum atomic E-state index is -6.74. The molecule has 0 aromatic carbocycles. The quantitative estimate of drug-likeness (QED) is 0.564. The number of Topliss-reactive ketones (excluding diaryl/α,β-unsaturated/α-hetero) is 1. The third kappa shape index (κ3) is 4.47. The molecule has 1 rings (SSSR count). The van der Waals surface area contributed by atoms with Crippen LogP contribution in [0.3, 0.4) is 0 Å². The molecule has 0 aliphatic carbocycles. The molecule has 1 aliphatic heterocycles. The number of hydrogen-bond acceptors (Lipinski definition) is 5. The van der Waals surface area contributed by atoms with Crippen molar-refractivity contribution in [2.45, 2.75) is 56.1 Å². The number of dihydropyridines is 1. The van der Waals surface area contributed by atoms with E-state index in [0.717, 1.165) is 6.21 Å². The van der Waals surface area contributed by atoms with Crippen molar-refractivity contribution in [1.82, 2.24) is 5.32 Å². The lowest BCUT2D eigenvalue weighted by atomic mass is 9.84. The normalized spacial score (nSPS) is 24.4. The molecule has 0 aromatic heterocycles. The minimum Gasteiger partial charge on any atom is -0.447 e. The van der Waals surface area contributed by atoms with E-state index in [1.54, 1.807) is 6.92 Å². The Morgan fingerprint density at radius 2 is 1.86 bits per heavy atom. The Kier molecular flexibility index (Phi) is 6.93. The Labute approximate surface area is 162 Å². The van der Waals surface area contributed by atoms with Crippen molar-refractivity contribution in [2.24, 2.45) is 10.7 Å². The summed E-state index contributed by atoms with van der Waals surface area (Å²) < 4.78 is 95.9. The standard InChI is InChI=1S/C14H15BrF7N3O3/c1-3-6(2)28-10(27)25-9-11(23,4-7(15)5-24-9)8(26)12(16,17)13(18,19)14(20,21)22/h4-6,9H,3,23H2,1-2H3,(H,25,27). The Bertz CT molecular complexity index is 696. The number of rotatable bonds is 6. The van der Waals surface area contributed by atoms with Crippen LogP contribution in [0, 0.1) is 0 Å². The number of nitrogens with two attached hydrogens (primary N) is 1. The monoisotopic (exact) mass is 485 g/mol. The molecule has 0 aromatic rings. The first-order valence-electron chi connectivity index (χ1n) is 7.55. The van der Waals surface area contributed by atoms with Gasteiger partial charge >= 0.3 is 24.1 Å². The SMILES string of the molecule is CCC(C)OC(=O)NC1N=CC(Br)=CC1(N)C(=O)C(F)(F)C(F)(F)C(F)(F)F. The number of ketones is 1. The number of alkyl carbamates (subject to hydrolysis) is 1. The Morgan fingerprint density at radius 1 is 1.32 bits per heavy atom. The lowest BCUT2D eigenvalue weighted by molar-refractivity contribution is -0.344. The predicted molar refractivity (Wildman–Crippen MR) is 86.5 cm³/mol. The van der Waals surface area contributed by atoms with E-state index in [1.165, 1.54) is 6.92 Å². The van der Waals surface area contributed by atoms with Crippen LogP contribution >= 0.6 is 15.9 Å². The van der Waals surface area contributed by atoms with Crippen LogP contribution in [0.4, 0.5) is 35.5 Å². The predicted octanol–water partition coefficient (Wildman–Crippen LogP) is 3.30. The van der Waals surface area contributed by atoms with Gasteiger partial charge in [0.05, 0.1) is 0 Å². The van der Waals surface area contributed by atoms with Crippen molar-refractivity contribution in [3.63, 3.8) is 0 Å². The van der Waals surface area contributed by atoms with E-state index in [-0.39, 0.29) is 4.48 Å². The van der Waals surface area contributed by atoms with E-state index in [0.29, 0.717) is 12.5 Å². The maximum absolute atomic E-state index is 13.9. The zero-order chi connectivity index (χ0) is 22.1. The summed E-state index contributed by atoms with van der Waals surface area (Å²) in [5, 5.41) is 1.81. The third-order valence-corrected chi connectivity index (χ3v) is 4.18. The molecule has 3 atom stereocenters. The number of nitrogens with one attached hydrogen (secondary N) is 1. The van der Waals surface area contributed by atoms with Gasteiger partial charge in [-0.05, 0) is 35.4 Å². The summed E-state index contributed by atoms with van der Waals surface area (Å²) >= 11 is 2.72. The first kappa shape index (κ1) is 24.3. The molecule has 0 saturated heterocycles. The summed E-state index contributed by atoms with van der Waals surface area (Å²) in [7, 11) is 0. The number of alkyl halides is 7. The van der Waals surface area contributed by atoms with Gasteiger partial charge in [0, 0.05) is 10.7 Å². The van der Waals surface area contributed by atoms with Gasteiger partial charge in [-0.2, -0.15) is 30.7 Å². The Balaban J connectivity index is 3.29. The highest BCUT2D eigenvalue weighted by Gasteiger charge is 2.78. The molecule has 1 heterocycles. The van der Waals surface area contributed by atoms with Crippen LogP contribution in [0.15, 0.2) is 15.6 Å². The molecule has 0 bridgehead atoms. The topological polar surface area (TPSA) is 93.8 Å². The second-order valence-electron chi connectivity index (χ2n) is 5.89. The van der Waals surface area contributed by atoms with Gasteiger partial charge in [0.25, 0.3) is 0 Å². The molecule has 0 radical (unpaired) electrons. The van der Waals surface area contributed by atoms with Crippen LogP contribution in [-0.2, 0) is 9.53 Å².